The second-order valence-corrected chi connectivity index (χ2v) is 5.21. The number of anilines is 1. The summed E-state index contributed by atoms with van der Waals surface area (Å²) in [5.41, 5.74) is -0.271. The summed E-state index contributed by atoms with van der Waals surface area (Å²) in [7, 11) is 0. The number of rotatable bonds is 2. The fraction of sp³-hybridized carbons (Fsp3) is 0.429. The Morgan fingerprint density at radius 3 is 2.76 bits per heavy atom. The summed E-state index contributed by atoms with van der Waals surface area (Å²) in [5, 5.41) is 20.9. The van der Waals surface area contributed by atoms with Crippen LogP contribution in [0.15, 0.2) is 18.2 Å². The van der Waals surface area contributed by atoms with E-state index < -0.39 is 23.9 Å². The van der Waals surface area contributed by atoms with Gasteiger partial charge in [0.25, 0.3) is 0 Å². The minimum atomic E-state index is -1.19. The van der Waals surface area contributed by atoms with Gasteiger partial charge in [-0.05, 0) is 30.5 Å². The zero-order chi connectivity index (χ0) is 15.6. The molecule has 3 N–H and O–H groups in total. The number of urea groups is 1. The van der Waals surface area contributed by atoms with Crippen LogP contribution in [0.3, 0.4) is 0 Å². The summed E-state index contributed by atoms with van der Waals surface area (Å²) in [6, 6.07) is 2.71. The van der Waals surface area contributed by atoms with E-state index >= 15 is 0 Å². The molecule has 0 spiro atoms. The van der Waals surface area contributed by atoms with E-state index in [2.05, 4.69) is 5.32 Å². The zero-order valence-electron chi connectivity index (χ0n) is 11.5. The Kier molecular flexibility index (Phi) is 4.42. The lowest BCUT2D eigenvalue weighted by atomic mass is 9.97. The number of hydrogen-bond acceptors (Lipinski definition) is 3. The lowest BCUT2D eigenvalue weighted by Crippen LogP contribution is -2.46. The molecule has 1 aliphatic heterocycles. The summed E-state index contributed by atoms with van der Waals surface area (Å²) >= 11 is 0. The Hall–Kier alpha value is -2.15. The highest BCUT2D eigenvalue weighted by Gasteiger charge is 2.27. The van der Waals surface area contributed by atoms with Gasteiger partial charge in [0.1, 0.15) is 5.82 Å². The van der Waals surface area contributed by atoms with Crippen molar-refractivity contribution in [2.75, 3.05) is 18.4 Å². The van der Waals surface area contributed by atoms with E-state index in [4.69, 9.17) is 5.11 Å². The molecule has 2 atom stereocenters. The quantitative estimate of drug-likeness (QED) is 0.775. The van der Waals surface area contributed by atoms with E-state index in [0.717, 1.165) is 18.2 Å². The van der Waals surface area contributed by atoms with Crippen LogP contribution in [0.5, 0.6) is 0 Å². The molecular weight excluding hydrogens is 279 g/mol. The molecule has 114 valence electrons. The van der Waals surface area contributed by atoms with Gasteiger partial charge in [-0.1, -0.05) is 6.92 Å². The number of benzene rings is 1. The van der Waals surface area contributed by atoms with Gasteiger partial charge >= 0.3 is 12.0 Å². The first-order valence-electron chi connectivity index (χ1n) is 6.65. The minimum absolute atomic E-state index is 0.0558. The van der Waals surface area contributed by atoms with Crippen LogP contribution >= 0.6 is 0 Å². The monoisotopic (exact) mass is 296 g/mol. The van der Waals surface area contributed by atoms with Gasteiger partial charge < -0.3 is 20.4 Å². The van der Waals surface area contributed by atoms with E-state index in [-0.39, 0.29) is 17.2 Å². The largest absolute Gasteiger partial charge is 0.478 e. The normalized spacial score (nSPS) is 22.0. The fourth-order valence-corrected chi connectivity index (χ4v) is 2.27. The van der Waals surface area contributed by atoms with Crippen molar-refractivity contribution in [3.8, 4) is 0 Å². The number of aliphatic hydroxyl groups excluding tert-OH is 1. The van der Waals surface area contributed by atoms with E-state index in [1.807, 2.05) is 6.92 Å². The maximum absolute atomic E-state index is 13.6. The average molecular weight is 296 g/mol. The Morgan fingerprint density at radius 2 is 2.14 bits per heavy atom. The van der Waals surface area contributed by atoms with Crippen molar-refractivity contribution >= 4 is 17.7 Å². The maximum atomic E-state index is 13.6. The lowest BCUT2D eigenvalue weighted by molar-refractivity contribution is 0.0505. The third-order valence-electron chi connectivity index (χ3n) is 3.60. The first-order valence-corrected chi connectivity index (χ1v) is 6.65. The van der Waals surface area contributed by atoms with Crippen LogP contribution in [0, 0.1) is 11.7 Å². The standard InChI is InChI=1S/C14H17FN2O4/c1-8-7-17(5-4-12(8)18)14(21)16-11-6-9(13(19)20)2-3-10(11)15/h2-3,6,8,12,18H,4-5,7H2,1H3,(H,16,21)(H,19,20). The maximum Gasteiger partial charge on any atom is 0.335 e. The number of aromatic carboxylic acids is 1. The van der Waals surface area contributed by atoms with Crippen molar-refractivity contribution < 1.29 is 24.2 Å². The summed E-state index contributed by atoms with van der Waals surface area (Å²) < 4.78 is 13.6. The van der Waals surface area contributed by atoms with E-state index in [1.165, 1.54) is 4.90 Å². The van der Waals surface area contributed by atoms with Gasteiger partial charge in [-0.25, -0.2) is 14.0 Å². The molecule has 6 nitrogen and oxygen atoms in total. The van der Waals surface area contributed by atoms with Crippen LogP contribution in [0.4, 0.5) is 14.9 Å². The van der Waals surface area contributed by atoms with Crippen molar-refractivity contribution in [3.05, 3.63) is 29.6 Å². The number of aliphatic hydroxyl groups is 1. The van der Waals surface area contributed by atoms with Crippen LogP contribution in [-0.4, -0.2) is 46.3 Å². The number of amides is 2. The lowest BCUT2D eigenvalue weighted by Gasteiger charge is -2.34. The molecule has 0 saturated carbocycles. The highest BCUT2D eigenvalue weighted by Crippen LogP contribution is 2.20. The molecule has 2 rings (SSSR count). The summed E-state index contributed by atoms with van der Waals surface area (Å²) in [6.45, 7) is 2.57. The molecule has 1 aromatic rings. The number of carbonyl (C=O) groups excluding carboxylic acids is 1. The average Bonchev–Trinajstić information content (AvgIpc) is 2.43. The van der Waals surface area contributed by atoms with Crippen molar-refractivity contribution in [3.63, 3.8) is 0 Å². The molecule has 2 unspecified atom stereocenters. The Balaban J connectivity index is 2.09. The smallest absolute Gasteiger partial charge is 0.335 e. The number of carboxylic acid groups (broad SMARTS) is 1. The molecule has 7 heteroatoms. The van der Waals surface area contributed by atoms with Crippen molar-refractivity contribution in [2.45, 2.75) is 19.4 Å². The molecule has 0 radical (unpaired) electrons. The molecule has 0 bridgehead atoms. The van der Waals surface area contributed by atoms with Crippen LogP contribution in [0.1, 0.15) is 23.7 Å². The van der Waals surface area contributed by atoms with Crippen LogP contribution < -0.4 is 5.32 Å². The van der Waals surface area contributed by atoms with E-state index in [9.17, 15) is 19.1 Å². The number of carbonyl (C=O) groups is 2. The van der Waals surface area contributed by atoms with Crippen molar-refractivity contribution in [2.24, 2.45) is 5.92 Å². The third kappa shape index (κ3) is 3.49. The molecule has 0 aliphatic carbocycles. The number of carboxylic acids is 1. The van der Waals surface area contributed by atoms with Gasteiger partial charge in [0, 0.05) is 13.1 Å². The van der Waals surface area contributed by atoms with Crippen molar-refractivity contribution in [1.29, 1.82) is 0 Å². The second kappa shape index (κ2) is 6.09. The first kappa shape index (κ1) is 15.2. The SMILES string of the molecule is CC1CN(C(=O)Nc2cc(C(=O)O)ccc2F)CCC1O. The second-order valence-electron chi connectivity index (χ2n) is 5.21. The topological polar surface area (TPSA) is 89.9 Å². The Bertz CT molecular complexity index is 564. The summed E-state index contributed by atoms with van der Waals surface area (Å²) in [6.07, 6.45) is 0.0211. The number of piperidine rings is 1. The molecular formula is C14H17FN2O4. The van der Waals surface area contributed by atoms with Crippen LogP contribution in [0.25, 0.3) is 0 Å². The molecule has 1 heterocycles. The highest BCUT2D eigenvalue weighted by atomic mass is 19.1. The third-order valence-corrected chi connectivity index (χ3v) is 3.60. The highest BCUT2D eigenvalue weighted by molar-refractivity contribution is 5.93. The van der Waals surface area contributed by atoms with Crippen LogP contribution in [0.2, 0.25) is 0 Å². The molecule has 0 aromatic heterocycles. The molecule has 2 amide bonds. The summed E-state index contributed by atoms with van der Waals surface area (Å²) in [4.78, 5) is 24.4. The van der Waals surface area contributed by atoms with Gasteiger partial charge in [0.05, 0.1) is 17.4 Å². The van der Waals surface area contributed by atoms with E-state index in [0.29, 0.717) is 19.5 Å². The Labute approximate surface area is 121 Å². The molecule has 1 fully saturated rings. The van der Waals surface area contributed by atoms with Crippen molar-refractivity contribution in [1.82, 2.24) is 4.90 Å². The van der Waals surface area contributed by atoms with Gasteiger partial charge in [-0.2, -0.15) is 0 Å². The zero-order valence-corrected chi connectivity index (χ0v) is 11.5. The number of nitrogens with one attached hydrogen (secondary N) is 1. The predicted molar refractivity (Wildman–Crippen MR) is 73.7 cm³/mol. The number of hydrogen-bond donors (Lipinski definition) is 3. The fourth-order valence-electron chi connectivity index (χ4n) is 2.27. The van der Waals surface area contributed by atoms with E-state index in [1.54, 1.807) is 0 Å². The number of likely N-dealkylation sites (tertiary alicyclic amines) is 1. The number of halogens is 1. The van der Waals surface area contributed by atoms with Gasteiger partial charge in [0.15, 0.2) is 0 Å². The minimum Gasteiger partial charge on any atom is -0.478 e. The van der Waals surface area contributed by atoms with Gasteiger partial charge in [0.2, 0.25) is 0 Å². The molecule has 1 aliphatic rings. The predicted octanol–water partition coefficient (Wildman–Crippen LogP) is 1.76. The molecule has 21 heavy (non-hydrogen) atoms. The molecule has 1 saturated heterocycles. The molecule has 1 aromatic carbocycles. The Morgan fingerprint density at radius 1 is 1.43 bits per heavy atom. The first-order chi connectivity index (χ1) is 9.88. The van der Waals surface area contributed by atoms with Gasteiger partial charge in [-0.15, -0.1) is 0 Å². The van der Waals surface area contributed by atoms with Crippen LogP contribution in [-0.2, 0) is 0 Å². The summed E-state index contributed by atoms with van der Waals surface area (Å²) in [5.74, 6) is -1.95. The number of nitrogens with zero attached hydrogens (tertiary/aromatic N) is 1. The van der Waals surface area contributed by atoms with Gasteiger partial charge in [-0.3, -0.25) is 0 Å².